The molecule has 0 unspecified atom stereocenters. The largest absolute Gasteiger partial charge is 0.280 e. The van der Waals surface area contributed by atoms with Gasteiger partial charge in [-0.05, 0) is 49.2 Å². The molecule has 0 atom stereocenters. The molecule has 1 N–H and O–H groups in total. The van der Waals surface area contributed by atoms with Gasteiger partial charge in [0.2, 0.25) is 12.2 Å². The van der Waals surface area contributed by atoms with Crippen molar-refractivity contribution < 1.29 is 18.0 Å². The third-order valence-corrected chi connectivity index (χ3v) is 4.66. The second-order valence-electron chi connectivity index (χ2n) is 4.96. The van der Waals surface area contributed by atoms with Crippen molar-refractivity contribution in [1.29, 1.82) is 0 Å². The maximum absolute atomic E-state index is 12.5. The number of hydrogen-bond acceptors (Lipinski definition) is 6. The Morgan fingerprint density at radius 1 is 0.875 bits per heavy atom. The van der Waals surface area contributed by atoms with E-state index in [9.17, 15) is 18.0 Å². The molecule has 0 amide bonds. The van der Waals surface area contributed by atoms with Gasteiger partial charge in [-0.1, -0.05) is 12.1 Å². The van der Waals surface area contributed by atoms with Crippen LogP contribution in [-0.4, -0.2) is 20.6 Å². The summed E-state index contributed by atoms with van der Waals surface area (Å²) in [5, 5.41) is 0. The van der Waals surface area contributed by atoms with E-state index in [1.165, 1.54) is 30.4 Å². The predicted molar refractivity (Wildman–Crippen MR) is 88.7 cm³/mol. The molecule has 0 spiro atoms. The lowest BCUT2D eigenvalue weighted by Crippen LogP contribution is -2.13. The van der Waals surface area contributed by atoms with Crippen molar-refractivity contribution in [3.8, 4) is 0 Å². The summed E-state index contributed by atoms with van der Waals surface area (Å²) >= 11 is 0. The zero-order valence-corrected chi connectivity index (χ0v) is 13.7. The number of sulfonamides is 1. The molecule has 0 radical (unpaired) electrons. The van der Waals surface area contributed by atoms with Crippen LogP contribution in [0.4, 0.5) is 17.1 Å². The van der Waals surface area contributed by atoms with Crippen LogP contribution in [0.25, 0.3) is 0 Å². The van der Waals surface area contributed by atoms with E-state index in [1.807, 2.05) is 0 Å². The number of benzene rings is 2. The summed E-state index contributed by atoms with van der Waals surface area (Å²) < 4.78 is 27.3. The lowest BCUT2D eigenvalue weighted by Gasteiger charge is -2.10. The van der Waals surface area contributed by atoms with Crippen LogP contribution < -0.4 is 4.72 Å². The molecule has 0 fully saturated rings. The van der Waals surface area contributed by atoms with Crippen molar-refractivity contribution in [2.75, 3.05) is 4.72 Å². The van der Waals surface area contributed by atoms with Gasteiger partial charge in [0.15, 0.2) is 0 Å². The van der Waals surface area contributed by atoms with Crippen molar-refractivity contribution in [1.82, 2.24) is 0 Å². The van der Waals surface area contributed by atoms with E-state index in [-0.39, 0.29) is 16.3 Å². The Kier molecular flexibility index (Phi) is 5.06. The van der Waals surface area contributed by atoms with Gasteiger partial charge in [0.25, 0.3) is 10.0 Å². The van der Waals surface area contributed by atoms with Gasteiger partial charge in [-0.2, -0.15) is 9.98 Å². The molecule has 0 aliphatic rings. The molecule has 7 nitrogen and oxygen atoms in total. The average molecular weight is 343 g/mol. The van der Waals surface area contributed by atoms with Crippen LogP contribution >= 0.6 is 0 Å². The van der Waals surface area contributed by atoms with E-state index in [4.69, 9.17) is 0 Å². The van der Waals surface area contributed by atoms with Crippen molar-refractivity contribution >= 4 is 39.2 Å². The first-order chi connectivity index (χ1) is 11.4. The molecule has 0 heterocycles. The Balaban J connectivity index is 2.42. The number of rotatable bonds is 5. The molecule has 0 saturated carbocycles. The molecule has 8 heteroatoms. The van der Waals surface area contributed by atoms with Crippen molar-refractivity contribution in [3.63, 3.8) is 0 Å². The first kappa shape index (κ1) is 17.3. The Morgan fingerprint density at radius 2 is 1.42 bits per heavy atom. The van der Waals surface area contributed by atoms with Crippen molar-refractivity contribution in [3.05, 3.63) is 47.5 Å². The molecule has 2 rings (SSSR count). The van der Waals surface area contributed by atoms with Crippen LogP contribution in [0.1, 0.15) is 11.1 Å². The number of carbonyl (C=O) groups excluding carboxylic acids is 2. The van der Waals surface area contributed by atoms with E-state index in [0.717, 1.165) is 0 Å². The molecule has 24 heavy (non-hydrogen) atoms. The molecule has 2 aromatic rings. The van der Waals surface area contributed by atoms with Crippen LogP contribution in [0, 0.1) is 13.8 Å². The summed E-state index contributed by atoms with van der Waals surface area (Å²) in [5.74, 6) is 0. The van der Waals surface area contributed by atoms with Crippen LogP contribution in [-0.2, 0) is 19.6 Å². The van der Waals surface area contributed by atoms with Gasteiger partial charge in [-0.25, -0.2) is 18.0 Å². The summed E-state index contributed by atoms with van der Waals surface area (Å²) in [5.41, 5.74) is 2.15. The van der Waals surface area contributed by atoms with Crippen LogP contribution in [0.15, 0.2) is 51.3 Å². The number of isocyanates is 2. The van der Waals surface area contributed by atoms with E-state index in [2.05, 4.69) is 14.7 Å². The second kappa shape index (κ2) is 7.02. The lowest BCUT2D eigenvalue weighted by molar-refractivity contribution is 0.564. The van der Waals surface area contributed by atoms with Crippen molar-refractivity contribution in [2.24, 2.45) is 9.98 Å². The minimum absolute atomic E-state index is 0.0527. The van der Waals surface area contributed by atoms with E-state index >= 15 is 0 Å². The highest BCUT2D eigenvalue weighted by atomic mass is 32.2. The Hall–Kier alpha value is -3.05. The number of nitrogens with one attached hydrogen (secondary N) is 1. The second-order valence-corrected chi connectivity index (χ2v) is 6.64. The van der Waals surface area contributed by atoms with Gasteiger partial charge in [0.05, 0.1) is 22.0 Å². The molecule has 0 aliphatic carbocycles. The number of aryl methyl sites for hydroxylation is 2. The Labute approximate surface area is 138 Å². The average Bonchev–Trinajstić information content (AvgIpc) is 2.53. The molecule has 0 aliphatic heterocycles. The normalized spacial score (nSPS) is 10.4. The van der Waals surface area contributed by atoms with Crippen LogP contribution in [0.5, 0.6) is 0 Å². The zero-order chi connectivity index (χ0) is 17.7. The van der Waals surface area contributed by atoms with E-state index in [1.54, 1.807) is 32.0 Å². The van der Waals surface area contributed by atoms with Crippen LogP contribution in [0.3, 0.4) is 0 Å². The number of anilines is 1. The third-order valence-electron chi connectivity index (χ3n) is 3.28. The molecule has 122 valence electrons. The SMILES string of the molecule is Cc1ccc(NS(=O)(=O)c2ccc(C)c(N=C=O)c2)cc1N=C=O. The first-order valence-electron chi connectivity index (χ1n) is 6.77. The van der Waals surface area contributed by atoms with Gasteiger partial charge in [-0.3, -0.25) is 4.72 Å². The van der Waals surface area contributed by atoms with E-state index < -0.39 is 10.0 Å². The summed E-state index contributed by atoms with van der Waals surface area (Å²) in [7, 11) is -3.90. The molecule has 0 saturated heterocycles. The van der Waals surface area contributed by atoms with Gasteiger partial charge in [0.1, 0.15) is 0 Å². The Morgan fingerprint density at radius 3 is 2.00 bits per heavy atom. The standard InChI is InChI=1S/C16H13N3O4S/c1-11-3-5-13(7-15(11)17-9-20)19-24(22,23)14-6-4-12(2)16(8-14)18-10-21/h3-8,19H,1-2H3. The Bertz CT molecular complexity index is 986. The number of nitrogens with zero attached hydrogens (tertiary/aromatic N) is 2. The third kappa shape index (κ3) is 3.83. The lowest BCUT2D eigenvalue weighted by atomic mass is 10.2. The molecule has 0 aromatic heterocycles. The highest BCUT2D eigenvalue weighted by molar-refractivity contribution is 7.92. The topological polar surface area (TPSA) is 105 Å². The van der Waals surface area contributed by atoms with Gasteiger partial charge >= 0.3 is 0 Å². The monoisotopic (exact) mass is 343 g/mol. The summed E-state index contributed by atoms with van der Waals surface area (Å²) in [6.07, 6.45) is 2.81. The summed E-state index contributed by atoms with van der Waals surface area (Å²) in [6.45, 7) is 3.43. The van der Waals surface area contributed by atoms with Gasteiger partial charge < -0.3 is 0 Å². The number of aliphatic imine (C=N–C) groups is 2. The first-order valence-corrected chi connectivity index (χ1v) is 8.25. The fraction of sp³-hybridized carbons (Fsp3) is 0.125. The maximum atomic E-state index is 12.5. The van der Waals surface area contributed by atoms with Crippen LogP contribution in [0.2, 0.25) is 0 Å². The molecular formula is C16H13N3O4S. The summed E-state index contributed by atoms with van der Waals surface area (Å²) in [4.78, 5) is 27.8. The minimum Gasteiger partial charge on any atom is -0.280 e. The smallest absolute Gasteiger partial charge is 0.261 e. The van der Waals surface area contributed by atoms with Gasteiger partial charge in [-0.15, -0.1) is 0 Å². The van der Waals surface area contributed by atoms with Gasteiger partial charge in [0, 0.05) is 0 Å². The predicted octanol–water partition coefficient (Wildman–Crippen LogP) is 3.04. The molecular weight excluding hydrogens is 330 g/mol. The zero-order valence-electron chi connectivity index (χ0n) is 12.9. The minimum atomic E-state index is -3.90. The number of hydrogen-bond donors (Lipinski definition) is 1. The summed E-state index contributed by atoms with van der Waals surface area (Å²) in [6, 6.07) is 8.83. The highest BCUT2D eigenvalue weighted by Gasteiger charge is 2.16. The van der Waals surface area contributed by atoms with E-state index in [0.29, 0.717) is 16.8 Å². The highest BCUT2D eigenvalue weighted by Crippen LogP contribution is 2.27. The maximum Gasteiger partial charge on any atom is 0.261 e. The fourth-order valence-corrected chi connectivity index (χ4v) is 3.05. The quantitative estimate of drug-likeness (QED) is 0.665. The molecule has 2 aromatic carbocycles. The fourth-order valence-electron chi connectivity index (χ4n) is 1.98. The van der Waals surface area contributed by atoms with Crippen molar-refractivity contribution in [2.45, 2.75) is 18.7 Å². The molecule has 0 bridgehead atoms.